The average Bonchev–Trinajstić information content (AvgIpc) is 2.91. The number of rotatable bonds is 6. The van der Waals surface area contributed by atoms with Crippen LogP contribution in [0, 0.1) is 6.92 Å². The van der Waals surface area contributed by atoms with Gasteiger partial charge in [-0.15, -0.1) is 11.3 Å². The van der Waals surface area contributed by atoms with Crippen LogP contribution in [0.1, 0.15) is 53.1 Å². The summed E-state index contributed by atoms with van der Waals surface area (Å²) in [6, 6.07) is 10.1. The molecule has 4 nitrogen and oxygen atoms in total. The van der Waals surface area contributed by atoms with Gasteiger partial charge < -0.3 is 10.4 Å². The number of amides is 1. The molecule has 1 aromatic carbocycles. The molecule has 0 radical (unpaired) electrons. The topological polar surface area (TPSA) is 62.2 Å². The Balaban J connectivity index is 2.25. The lowest BCUT2D eigenvalue weighted by molar-refractivity contribution is 0.0937. The first-order valence-corrected chi connectivity index (χ1v) is 8.63. The monoisotopic (exact) mass is 332 g/mol. The van der Waals surface area contributed by atoms with Crippen LogP contribution in [0.15, 0.2) is 30.3 Å². The summed E-state index contributed by atoms with van der Waals surface area (Å²) in [5, 5.41) is 12.8. The van der Waals surface area contributed by atoms with Crippen molar-refractivity contribution in [3.05, 3.63) is 51.5 Å². The van der Waals surface area contributed by atoms with Gasteiger partial charge in [-0.1, -0.05) is 30.3 Å². The Hall–Kier alpha value is -1.72. The van der Waals surface area contributed by atoms with E-state index >= 15 is 0 Å². The van der Waals surface area contributed by atoms with Gasteiger partial charge in [0.15, 0.2) is 0 Å². The van der Waals surface area contributed by atoms with Gasteiger partial charge in [-0.2, -0.15) is 0 Å². The number of carbonyl (C=O) groups is 1. The van der Waals surface area contributed by atoms with Crippen LogP contribution in [0.4, 0.5) is 0 Å². The lowest BCUT2D eigenvalue weighted by atomic mass is 9.85. The van der Waals surface area contributed by atoms with Gasteiger partial charge in [-0.3, -0.25) is 4.79 Å². The zero-order chi connectivity index (χ0) is 17.0. The highest BCUT2D eigenvalue weighted by Gasteiger charge is 2.29. The number of carbonyl (C=O) groups excluding carboxylic acids is 1. The molecular weight excluding hydrogens is 308 g/mol. The zero-order valence-corrected chi connectivity index (χ0v) is 14.9. The minimum Gasteiger partial charge on any atom is -0.396 e. The number of aliphatic hydroxyl groups excluding tert-OH is 1. The summed E-state index contributed by atoms with van der Waals surface area (Å²) < 4.78 is 0. The Labute approximate surface area is 141 Å². The Bertz CT molecular complexity index is 665. The van der Waals surface area contributed by atoms with Gasteiger partial charge in [0.05, 0.1) is 5.69 Å². The lowest BCUT2D eigenvalue weighted by Gasteiger charge is -2.22. The summed E-state index contributed by atoms with van der Waals surface area (Å²) in [5.41, 5.74) is 1.68. The van der Waals surface area contributed by atoms with Crippen molar-refractivity contribution in [3.8, 4) is 0 Å². The minimum absolute atomic E-state index is 0.0559. The van der Waals surface area contributed by atoms with Gasteiger partial charge in [-0.05, 0) is 39.7 Å². The standard InChI is InChI=1S/C18H24N2O2S/c1-12(10-11-21)19-16(22)15-13(2)20-17(23-15)18(3,4)14-8-6-5-7-9-14/h5-9,12,21H,10-11H2,1-4H3,(H,19,22)/t12-/m1/s1. The van der Waals surface area contributed by atoms with Crippen molar-refractivity contribution in [2.75, 3.05) is 6.61 Å². The van der Waals surface area contributed by atoms with Crippen LogP contribution in [-0.4, -0.2) is 28.6 Å². The maximum atomic E-state index is 12.4. The fourth-order valence-electron chi connectivity index (χ4n) is 2.41. The fraction of sp³-hybridized carbons (Fsp3) is 0.444. The van der Waals surface area contributed by atoms with E-state index in [0.717, 1.165) is 10.7 Å². The van der Waals surface area contributed by atoms with E-state index < -0.39 is 0 Å². The van der Waals surface area contributed by atoms with Crippen molar-refractivity contribution in [2.45, 2.75) is 45.6 Å². The average molecular weight is 332 g/mol. The Morgan fingerprint density at radius 1 is 1.35 bits per heavy atom. The molecule has 2 rings (SSSR count). The molecule has 0 bridgehead atoms. The van der Waals surface area contributed by atoms with Crippen LogP contribution in [0.3, 0.4) is 0 Å². The zero-order valence-electron chi connectivity index (χ0n) is 14.1. The largest absolute Gasteiger partial charge is 0.396 e. The number of aromatic nitrogens is 1. The van der Waals surface area contributed by atoms with Crippen LogP contribution in [-0.2, 0) is 5.41 Å². The molecule has 0 aliphatic heterocycles. The van der Waals surface area contributed by atoms with Crippen molar-refractivity contribution < 1.29 is 9.90 Å². The first kappa shape index (κ1) is 17.6. The second-order valence-electron chi connectivity index (χ2n) is 6.31. The van der Waals surface area contributed by atoms with Crippen LogP contribution in [0.2, 0.25) is 0 Å². The Kier molecular flexibility index (Phi) is 5.55. The van der Waals surface area contributed by atoms with E-state index in [1.54, 1.807) is 0 Å². The molecule has 5 heteroatoms. The molecule has 0 fully saturated rings. The van der Waals surface area contributed by atoms with Crippen molar-refractivity contribution in [1.82, 2.24) is 10.3 Å². The minimum atomic E-state index is -0.244. The van der Waals surface area contributed by atoms with E-state index in [9.17, 15) is 4.79 Å². The third-order valence-electron chi connectivity index (χ3n) is 3.97. The quantitative estimate of drug-likeness (QED) is 0.853. The molecule has 0 unspecified atom stereocenters. The van der Waals surface area contributed by atoms with E-state index in [1.165, 1.54) is 16.9 Å². The van der Waals surface area contributed by atoms with Crippen molar-refractivity contribution >= 4 is 17.2 Å². The van der Waals surface area contributed by atoms with Gasteiger partial charge in [0, 0.05) is 18.1 Å². The predicted molar refractivity (Wildman–Crippen MR) is 94.1 cm³/mol. The summed E-state index contributed by atoms with van der Waals surface area (Å²) in [5.74, 6) is -0.115. The molecule has 1 aromatic heterocycles. The summed E-state index contributed by atoms with van der Waals surface area (Å²) in [4.78, 5) is 17.7. The number of benzene rings is 1. The van der Waals surface area contributed by atoms with E-state index in [1.807, 2.05) is 32.0 Å². The molecule has 1 atom stereocenters. The molecule has 0 saturated heterocycles. The van der Waals surface area contributed by atoms with Crippen molar-refractivity contribution in [3.63, 3.8) is 0 Å². The fourth-order valence-corrected chi connectivity index (χ4v) is 3.50. The summed E-state index contributed by atoms with van der Waals surface area (Å²) in [6.07, 6.45) is 0.548. The summed E-state index contributed by atoms with van der Waals surface area (Å²) in [6.45, 7) is 8.06. The van der Waals surface area contributed by atoms with E-state index in [2.05, 4.69) is 36.3 Å². The SMILES string of the molecule is Cc1nc(C(C)(C)c2ccccc2)sc1C(=O)N[C@H](C)CCO. The van der Waals surface area contributed by atoms with Crippen LogP contribution in [0.25, 0.3) is 0 Å². The highest BCUT2D eigenvalue weighted by molar-refractivity contribution is 7.14. The van der Waals surface area contributed by atoms with E-state index in [-0.39, 0.29) is 24.0 Å². The molecule has 2 aromatic rings. The molecule has 0 aliphatic rings. The Morgan fingerprint density at radius 3 is 2.61 bits per heavy atom. The predicted octanol–water partition coefficient (Wildman–Crippen LogP) is 3.28. The normalized spacial score (nSPS) is 12.9. The van der Waals surface area contributed by atoms with E-state index in [4.69, 9.17) is 5.11 Å². The molecule has 0 spiro atoms. The van der Waals surface area contributed by atoms with E-state index in [0.29, 0.717) is 11.3 Å². The highest BCUT2D eigenvalue weighted by atomic mass is 32.1. The first-order valence-electron chi connectivity index (χ1n) is 7.81. The number of aliphatic hydroxyl groups is 1. The maximum absolute atomic E-state index is 12.4. The molecule has 1 amide bonds. The first-order chi connectivity index (χ1) is 10.9. The molecule has 23 heavy (non-hydrogen) atoms. The molecule has 124 valence electrons. The van der Waals surface area contributed by atoms with Crippen LogP contribution >= 0.6 is 11.3 Å². The molecule has 0 saturated carbocycles. The number of hydrogen-bond acceptors (Lipinski definition) is 4. The van der Waals surface area contributed by atoms with Gasteiger partial charge in [0.2, 0.25) is 0 Å². The summed E-state index contributed by atoms with van der Waals surface area (Å²) >= 11 is 1.44. The number of aryl methyl sites for hydroxylation is 1. The lowest BCUT2D eigenvalue weighted by Crippen LogP contribution is -2.33. The van der Waals surface area contributed by atoms with Gasteiger partial charge >= 0.3 is 0 Å². The molecule has 0 aliphatic carbocycles. The number of nitrogens with zero attached hydrogens (tertiary/aromatic N) is 1. The van der Waals surface area contributed by atoms with Crippen LogP contribution in [0.5, 0.6) is 0 Å². The smallest absolute Gasteiger partial charge is 0.263 e. The van der Waals surface area contributed by atoms with Gasteiger partial charge in [0.25, 0.3) is 5.91 Å². The second kappa shape index (κ2) is 7.23. The van der Waals surface area contributed by atoms with Gasteiger partial charge in [0.1, 0.15) is 9.88 Å². The Morgan fingerprint density at radius 2 is 2.00 bits per heavy atom. The third-order valence-corrected chi connectivity index (χ3v) is 5.45. The number of hydrogen-bond donors (Lipinski definition) is 2. The van der Waals surface area contributed by atoms with Crippen molar-refractivity contribution in [1.29, 1.82) is 0 Å². The molecule has 1 heterocycles. The molecule has 2 N–H and O–H groups in total. The number of nitrogens with one attached hydrogen (secondary N) is 1. The summed E-state index contributed by atoms with van der Waals surface area (Å²) in [7, 11) is 0. The van der Waals surface area contributed by atoms with Gasteiger partial charge in [-0.25, -0.2) is 4.98 Å². The van der Waals surface area contributed by atoms with Crippen LogP contribution < -0.4 is 5.32 Å². The second-order valence-corrected chi connectivity index (χ2v) is 7.31. The number of thiazole rings is 1. The third kappa shape index (κ3) is 3.98. The molecular formula is C18H24N2O2S. The highest BCUT2D eigenvalue weighted by Crippen LogP contribution is 2.35. The maximum Gasteiger partial charge on any atom is 0.263 e. The van der Waals surface area contributed by atoms with Crippen molar-refractivity contribution in [2.24, 2.45) is 0 Å².